The zero-order valence-electron chi connectivity index (χ0n) is 9.45. The quantitative estimate of drug-likeness (QED) is 0.684. The highest BCUT2D eigenvalue weighted by molar-refractivity contribution is 7.18. The highest BCUT2D eigenvalue weighted by Gasteiger charge is 2.17. The summed E-state index contributed by atoms with van der Waals surface area (Å²) in [6.07, 6.45) is 1.77. The van der Waals surface area contributed by atoms with Crippen LogP contribution in [0.3, 0.4) is 0 Å². The minimum absolute atomic E-state index is 0.501. The van der Waals surface area contributed by atoms with E-state index in [1.54, 1.807) is 29.7 Å². The van der Waals surface area contributed by atoms with E-state index in [1.807, 2.05) is 30.3 Å². The van der Waals surface area contributed by atoms with E-state index in [9.17, 15) is 10.0 Å². The first-order valence-corrected chi connectivity index (χ1v) is 6.37. The van der Waals surface area contributed by atoms with Gasteiger partial charge in [-0.15, -0.1) is 11.3 Å². The highest BCUT2D eigenvalue weighted by Crippen LogP contribution is 2.32. The van der Waals surface area contributed by atoms with Gasteiger partial charge >= 0.3 is 7.12 Å². The third-order valence-corrected chi connectivity index (χ3v) is 3.91. The molecule has 0 unspecified atom stereocenters. The lowest BCUT2D eigenvalue weighted by molar-refractivity contribution is 0.426. The Bertz CT molecular complexity index is 653. The summed E-state index contributed by atoms with van der Waals surface area (Å²) in [5.74, 6) is 0. The third kappa shape index (κ3) is 1.92. The summed E-state index contributed by atoms with van der Waals surface area (Å²) in [5.41, 5.74) is 2.28. The van der Waals surface area contributed by atoms with Crippen LogP contribution in [0.1, 0.15) is 0 Å². The molecule has 3 nitrogen and oxygen atoms in total. The summed E-state index contributed by atoms with van der Waals surface area (Å²) in [6, 6.07) is 13.2. The van der Waals surface area contributed by atoms with Crippen molar-refractivity contribution >= 4 is 23.9 Å². The summed E-state index contributed by atoms with van der Waals surface area (Å²) >= 11 is 1.59. The van der Waals surface area contributed by atoms with Crippen molar-refractivity contribution in [1.82, 2.24) is 4.98 Å². The first-order valence-electron chi connectivity index (χ1n) is 5.56. The average molecular weight is 255 g/mol. The molecule has 0 saturated heterocycles. The largest absolute Gasteiger partial charge is 0.489 e. The van der Waals surface area contributed by atoms with Crippen molar-refractivity contribution in [1.29, 1.82) is 0 Å². The second kappa shape index (κ2) is 4.53. The lowest BCUT2D eigenvalue weighted by Gasteiger charge is -2.09. The maximum absolute atomic E-state index is 9.38. The van der Waals surface area contributed by atoms with Crippen molar-refractivity contribution in [3.8, 4) is 21.0 Å². The molecule has 0 fully saturated rings. The number of aromatic nitrogens is 1. The number of benzene rings is 1. The fourth-order valence-corrected chi connectivity index (χ4v) is 2.94. The molecule has 1 heterocycles. The number of fused-ring (bicyclic) bond motifs is 1. The molecule has 0 bridgehead atoms. The van der Waals surface area contributed by atoms with Gasteiger partial charge < -0.3 is 10.0 Å². The fraction of sp³-hybridized carbons (Fsp3) is 0. The minimum atomic E-state index is -1.47. The zero-order valence-corrected chi connectivity index (χ0v) is 10.3. The molecule has 88 valence electrons. The topological polar surface area (TPSA) is 53.4 Å². The van der Waals surface area contributed by atoms with Gasteiger partial charge in [0.05, 0.1) is 15.4 Å². The van der Waals surface area contributed by atoms with Crippen LogP contribution in [0.2, 0.25) is 0 Å². The van der Waals surface area contributed by atoms with E-state index < -0.39 is 7.12 Å². The van der Waals surface area contributed by atoms with E-state index in [1.165, 1.54) is 0 Å². The van der Waals surface area contributed by atoms with Gasteiger partial charge in [0.1, 0.15) is 0 Å². The van der Waals surface area contributed by atoms with Crippen molar-refractivity contribution in [2.24, 2.45) is 0 Å². The number of rotatable bonds is 2. The second-order valence-electron chi connectivity index (χ2n) is 3.96. The van der Waals surface area contributed by atoms with Crippen molar-refractivity contribution < 1.29 is 10.0 Å². The maximum Gasteiger partial charge on any atom is 0.489 e. The van der Waals surface area contributed by atoms with Crippen LogP contribution in [0.15, 0.2) is 48.7 Å². The van der Waals surface area contributed by atoms with Crippen LogP contribution in [-0.4, -0.2) is 22.2 Å². The normalized spacial score (nSPS) is 10.8. The fourth-order valence-electron chi connectivity index (χ4n) is 1.93. The van der Waals surface area contributed by atoms with Crippen LogP contribution in [-0.2, 0) is 0 Å². The summed E-state index contributed by atoms with van der Waals surface area (Å²) in [4.78, 5) is 6.39. The molecule has 18 heavy (non-hydrogen) atoms. The van der Waals surface area contributed by atoms with Crippen LogP contribution < -0.4 is 5.46 Å². The predicted octanol–water partition coefficient (Wildman–Crippen LogP) is 1.59. The summed E-state index contributed by atoms with van der Waals surface area (Å²) in [7, 11) is -1.47. The van der Waals surface area contributed by atoms with Crippen molar-refractivity contribution in [3.05, 3.63) is 48.7 Å². The van der Waals surface area contributed by atoms with Gasteiger partial charge in [-0.05, 0) is 23.2 Å². The Hall–Kier alpha value is -1.69. The van der Waals surface area contributed by atoms with Crippen LogP contribution in [0, 0.1) is 0 Å². The standard InChI is InChI=1S/C13H10BNO2S/c16-14(17)10-5-2-1-4-9(10)13-8-15-11-6-3-7-12(11)18-13/h1-8,16-17H. The molecule has 2 aliphatic rings. The molecule has 0 atom stereocenters. The van der Waals surface area contributed by atoms with Gasteiger partial charge in [0.15, 0.2) is 0 Å². The maximum atomic E-state index is 9.38. The first kappa shape index (κ1) is 11.4. The van der Waals surface area contributed by atoms with E-state index in [0.29, 0.717) is 5.46 Å². The SMILES string of the molecule is OB(O)c1ccccc1-c1cnc2cccc-2s1. The zero-order chi connectivity index (χ0) is 12.5. The minimum Gasteiger partial charge on any atom is -0.423 e. The van der Waals surface area contributed by atoms with E-state index in [0.717, 1.165) is 21.0 Å². The molecule has 0 saturated carbocycles. The van der Waals surface area contributed by atoms with Crippen LogP contribution in [0.25, 0.3) is 21.0 Å². The molecule has 5 heteroatoms. The molecule has 0 amide bonds. The van der Waals surface area contributed by atoms with Crippen molar-refractivity contribution in [2.45, 2.75) is 0 Å². The van der Waals surface area contributed by atoms with E-state index in [2.05, 4.69) is 4.98 Å². The van der Waals surface area contributed by atoms with Gasteiger partial charge in [-0.2, -0.15) is 0 Å². The molecule has 3 rings (SSSR count). The van der Waals surface area contributed by atoms with Gasteiger partial charge in [0.25, 0.3) is 0 Å². The lowest BCUT2D eigenvalue weighted by Crippen LogP contribution is -2.31. The van der Waals surface area contributed by atoms with E-state index in [-0.39, 0.29) is 0 Å². The Morgan fingerprint density at radius 2 is 1.78 bits per heavy atom. The van der Waals surface area contributed by atoms with Gasteiger partial charge in [0, 0.05) is 6.20 Å². The Balaban J connectivity index is 2.17. The Labute approximate surface area is 109 Å². The molecule has 1 aliphatic carbocycles. The molecule has 2 N–H and O–H groups in total. The van der Waals surface area contributed by atoms with Gasteiger partial charge in [-0.25, -0.2) is 0 Å². The number of hydrogen-bond acceptors (Lipinski definition) is 4. The van der Waals surface area contributed by atoms with Crippen LogP contribution >= 0.6 is 11.3 Å². The molecular weight excluding hydrogens is 245 g/mol. The first-order chi connectivity index (χ1) is 8.75. The van der Waals surface area contributed by atoms with Crippen molar-refractivity contribution in [2.75, 3.05) is 0 Å². The van der Waals surface area contributed by atoms with Crippen LogP contribution in [0.4, 0.5) is 0 Å². The summed E-state index contributed by atoms with van der Waals surface area (Å²) in [5, 5.41) is 18.8. The lowest BCUT2D eigenvalue weighted by atomic mass is 9.77. The molecule has 0 spiro atoms. The summed E-state index contributed by atoms with van der Waals surface area (Å²) < 4.78 is 0. The monoisotopic (exact) mass is 255 g/mol. The smallest absolute Gasteiger partial charge is 0.423 e. The molecule has 1 aliphatic heterocycles. The van der Waals surface area contributed by atoms with Gasteiger partial charge in [0.2, 0.25) is 0 Å². The van der Waals surface area contributed by atoms with E-state index in [4.69, 9.17) is 0 Å². The Kier molecular flexibility index (Phi) is 2.87. The second-order valence-corrected chi connectivity index (χ2v) is 5.04. The molecule has 0 radical (unpaired) electrons. The Morgan fingerprint density at radius 1 is 0.944 bits per heavy atom. The average Bonchev–Trinajstić information content (AvgIpc) is 2.85. The molecule has 1 aromatic rings. The molecular formula is C13H10BNO2S. The third-order valence-electron chi connectivity index (χ3n) is 2.80. The van der Waals surface area contributed by atoms with Crippen LogP contribution in [0.5, 0.6) is 0 Å². The summed E-state index contributed by atoms with van der Waals surface area (Å²) in [6.45, 7) is 0. The van der Waals surface area contributed by atoms with Gasteiger partial charge in [-0.3, -0.25) is 4.98 Å². The number of hydrogen-bond donors (Lipinski definition) is 2. The van der Waals surface area contributed by atoms with Crippen molar-refractivity contribution in [3.63, 3.8) is 0 Å². The molecule has 0 aromatic heterocycles. The Morgan fingerprint density at radius 3 is 2.61 bits per heavy atom. The number of nitrogens with zero attached hydrogens (tertiary/aromatic N) is 1. The van der Waals surface area contributed by atoms with E-state index >= 15 is 0 Å². The molecule has 1 aromatic carbocycles. The predicted molar refractivity (Wildman–Crippen MR) is 74.0 cm³/mol. The van der Waals surface area contributed by atoms with Gasteiger partial charge in [-0.1, -0.05) is 30.3 Å². The highest BCUT2D eigenvalue weighted by atomic mass is 32.1.